The van der Waals surface area contributed by atoms with Gasteiger partial charge in [0.15, 0.2) is 5.82 Å². The second-order valence-corrected chi connectivity index (χ2v) is 7.24. The van der Waals surface area contributed by atoms with E-state index < -0.39 is 18.0 Å². The van der Waals surface area contributed by atoms with Crippen LogP contribution in [0.25, 0.3) is 0 Å². The molecule has 30 heavy (non-hydrogen) atoms. The predicted molar refractivity (Wildman–Crippen MR) is 95.4 cm³/mol. The number of rotatable bonds is 3. The van der Waals surface area contributed by atoms with Gasteiger partial charge in [-0.3, -0.25) is 0 Å². The highest BCUT2D eigenvalue weighted by molar-refractivity contribution is 5.74. The molecule has 2 aliphatic rings. The molecule has 2 aliphatic heterocycles. The van der Waals surface area contributed by atoms with E-state index in [2.05, 4.69) is 4.98 Å². The molecule has 2 fully saturated rings. The van der Waals surface area contributed by atoms with Crippen LogP contribution in [0.3, 0.4) is 0 Å². The molecule has 3 rings (SSSR count). The summed E-state index contributed by atoms with van der Waals surface area (Å²) in [5.74, 6) is -3.23. The van der Waals surface area contributed by atoms with E-state index in [0.717, 1.165) is 12.8 Å². The van der Waals surface area contributed by atoms with Crippen LogP contribution in [0.4, 0.5) is 22.4 Å². The number of carbonyl (C=O) groups excluding carboxylic acids is 1. The first-order chi connectivity index (χ1) is 14.0. The van der Waals surface area contributed by atoms with Crippen molar-refractivity contribution < 1.29 is 41.7 Å². The number of likely N-dealkylation sites (tertiary alicyclic amines) is 1. The van der Waals surface area contributed by atoms with Crippen molar-refractivity contribution in [2.24, 2.45) is 5.41 Å². The number of amides is 2. The summed E-state index contributed by atoms with van der Waals surface area (Å²) in [7, 11) is 3.48. The highest BCUT2D eigenvalue weighted by atomic mass is 19.4. The Morgan fingerprint density at radius 1 is 1.43 bits per heavy atom. The van der Waals surface area contributed by atoms with Gasteiger partial charge in [0.1, 0.15) is 0 Å². The number of hydrogen-bond donors (Lipinski definition) is 1. The van der Waals surface area contributed by atoms with Gasteiger partial charge in [0, 0.05) is 40.0 Å². The van der Waals surface area contributed by atoms with E-state index in [4.69, 9.17) is 19.4 Å². The Kier molecular flexibility index (Phi) is 7.45. The van der Waals surface area contributed by atoms with E-state index in [1.807, 2.05) is 4.90 Å². The van der Waals surface area contributed by atoms with Crippen LogP contribution in [0, 0.1) is 11.2 Å². The van der Waals surface area contributed by atoms with Crippen molar-refractivity contribution in [2.75, 3.05) is 40.4 Å². The summed E-state index contributed by atoms with van der Waals surface area (Å²) in [6, 6.07) is 2.84. The first kappa shape index (κ1) is 23.6. The number of pyridine rings is 1. The van der Waals surface area contributed by atoms with Crippen LogP contribution in [0.5, 0.6) is 5.88 Å². The van der Waals surface area contributed by atoms with Crippen LogP contribution in [-0.4, -0.2) is 84.6 Å². The van der Waals surface area contributed by atoms with Gasteiger partial charge in [0.2, 0.25) is 5.88 Å². The second-order valence-electron chi connectivity index (χ2n) is 7.24. The molecular formula is C18H23F4N3O5. The highest BCUT2D eigenvalue weighted by Gasteiger charge is 2.50. The Labute approximate surface area is 170 Å². The van der Waals surface area contributed by atoms with E-state index in [1.165, 1.54) is 18.3 Å². The SMILES string of the molecule is CN(C)C(=O)N1CC[C@H]2OCC[C@@]2(COc2ncccc2F)C1.O=C(O)C(F)(F)F. The van der Waals surface area contributed by atoms with Crippen LogP contribution >= 0.6 is 0 Å². The molecule has 0 aromatic carbocycles. The zero-order chi connectivity index (χ0) is 22.5. The molecule has 0 radical (unpaired) electrons. The number of carbonyl (C=O) groups is 2. The molecule has 2 atom stereocenters. The molecule has 0 spiro atoms. The summed E-state index contributed by atoms with van der Waals surface area (Å²) in [5, 5.41) is 7.12. The van der Waals surface area contributed by atoms with Gasteiger partial charge in [-0.25, -0.2) is 19.0 Å². The standard InChI is InChI=1S/C16H22FN3O3.C2HF3O2/c1-19(2)15(21)20-8-5-13-16(10-20,6-9-22-13)11-23-14-12(17)4-3-7-18-14;3-2(4,5)1(6)7/h3-4,7,13H,5-6,8-11H2,1-2H3;(H,6,7)/t13-,16+;/m1./s1. The molecule has 0 bridgehead atoms. The average Bonchev–Trinajstić information content (AvgIpc) is 3.09. The number of carboxylic acids is 1. The predicted octanol–water partition coefficient (Wildman–Crippen LogP) is 2.40. The molecule has 1 N–H and O–H groups in total. The number of aliphatic carboxylic acids is 1. The molecule has 1 aromatic heterocycles. The smallest absolute Gasteiger partial charge is 0.475 e. The number of carboxylic acid groups (broad SMARTS) is 1. The van der Waals surface area contributed by atoms with Crippen molar-refractivity contribution in [1.82, 2.24) is 14.8 Å². The Balaban J connectivity index is 0.000000396. The lowest BCUT2D eigenvalue weighted by Gasteiger charge is -2.43. The molecule has 0 saturated carbocycles. The monoisotopic (exact) mass is 437 g/mol. The van der Waals surface area contributed by atoms with Gasteiger partial charge in [0.25, 0.3) is 0 Å². The topological polar surface area (TPSA) is 92.2 Å². The van der Waals surface area contributed by atoms with E-state index in [1.54, 1.807) is 19.0 Å². The summed E-state index contributed by atoms with van der Waals surface area (Å²) in [6.07, 6.45) is -1.97. The zero-order valence-electron chi connectivity index (χ0n) is 16.5. The van der Waals surface area contributed by atoms with E-state index in [9.17, 15) is 22.4 Å². The molecule has 0 aliphatic carbocycles. The fraction of sp³-hybridized carbons (Fsp3) is 0.611. The Morgan fingerprint density at radius 3 is 2.67 bits per heavy atom. The minimum absolute atomic E-state index is 0.00332. The summed E-state index contributed by atoms with van der Waals surface area (Å²) in [5.41, 5.74) is -0.298. The number of halogens is 4. The first-order valence-electron chi connectivity index (χ1n) is 9.07. The number of nitrogens with zero attached hydrogens (tertiary/aromatic N) is 3. The fourth-order valence-corrected chi connectivity index (χ4v) is 3.39. The zero-order valence-corrected chi connectivity index (χ0v) is 16.5. The van der Waals surface area contributed by atoms with Gasteiger partial charge in [0.05, 0.1) is 18.1 Å². The third kappa shape index (κ3) is 5.71. The summed E-state index contributed by atoms with van der Waals surface area (Å²) in [6.45, 7) is 2.16. The molecular weight excluding hydrogens is 414 g/mol. The normalized spacial score (nSPS) is 23.1. The molecule has 0 unspecified atom stereocenters. The molecule has 1 aromatic rings. The van der Waals surface area contributed by atoms with Gasteiger partial charge >= 0.3 is 18.2 Å². The Hall–Kier alpha value is -2.63. The largest absolute Gasteiger partial charge is 0.490 e. The second kappa shape index (κ2) is 9.45. The minimum Gasteiger partial charge on any atom is -0.475 e. The molecule has 2 amide bonds. The Bertz CT molecular complexity index is 762. The maximum Gasteiger partial charge on any atom is 0.490 e. The quantitative estimate of drug-likeness (QED) is 0.731. The minimum atomic E-state index is -5.08. The maximum absolute atomic E-state index is 13.7. The summed E-state index contributed by atoms with van der Waals surface area (Å²) in [4.78, 5) is 28.5. The van der Waals surface area contributed by atoms with Crippen molar-refractivity contribution in [2.45, 2.75) is 25.1 Å². The lowest BCUT2D eigenvalue weighted by molar-refractivity contribution is -0.192. The number of urea groups is 1. The van der Waals surface area contributed by atoms with E-state index >= 15 is 0 Å². The average molecular weight is 437 g/mol. The number of alkyl halides is 3. The van der Waals surface area contributed by atoms with E-state index in [0.29, 0.717) is 26.3 Å². The van der Waals surface area contributed by atoms with Crippen LogP contribution in [0.15, 0.2) is 18.3 Å². The molecule has 12 heteroatoms. The Morgan fingerprint density at radius 2 is 2.10 bits per heavy atom. The van der Waals surface area contributed by atoms with Gasteiger partial charge in [-0.15, -0.1) is 0 Å². The number of fused-ring (bicyclic) bond motifs is 1. The highest BCUT2D eigenvalue weighted by Crippen LogP contribution is 2.41. The fourth-order valence-electron chi connectivity index (χ4n) is 3.39. The van der Waals surface area contributed by atoms with Crippen molar-refractivity contribution in [1.29, 1.82) is 0 Å². The van der Waals surface area contributed by atoms with Crippen molar-refractivity contribution >= 4 is 12.0 Å². The summed E-state index contributed by atoms with van der Waals surface area (Å²) >= 11 is 0. The van der Waals surface area contributed by atoms with Crippen LogP contribution in [-0.2, 0) is 9.53 Å². The lowest BCUT2D eigenvalue weighted by Crippen LogP contribution is -2.55. The maximum atomic E-state index is 13.7. The third-order valence-corrected chi connectivity index (χ3v) is 4.89. The van der Waals surface area contributed by atoms with Crippen molar-refractivity contribution in [3.8, 4) is 5.88 Å². The molecule has 8 nitrogen and oxygen atoms in total. The van der Waals surface area contributed by atoms with Gasteiger partial charge < -0.3 is 24.4 Å². The van der Waals surface area contributed by atoms with Crippen LogP contribution in [0.2, 0.25) is 0 Å². The number of piperidine rings is 1. The van der Waals surface area contributed by atoms with Gasteiger partial charge in [-0.05, 0) is 25.0 Å². The molecule has 3 heterocycles. The number of aromatic nitrogens is 1. The lowest BCUT2D eigenvalue weighted by atomic mass is 9.77. The van der Waals surface area contributed by atoms with Gasteiger partial charge in [-0.2, -0.15) is 13.2 Å². The van der Waals surface area contributed by atoms with Crippen LogP contribution in [0.1, 0.15) is 12.8 Å². The molecule has 168 valence electrons. The summed E-state index contributed by atoms with van der Waals surface area (Å²) < 4.78 is 56.9. The van der Waals surface area contributed by atoms with Crippen molar-refractivity contribution in [3.63, 3.8) is 0 Å². The van der Waals surface area contributed by atoms with Crippen LogP contribution < -0.4 is 4.74 Å². The number of ether oxygens (including phenoxy) is 2. The number of hydrogen-bond acceptors (Lipinski definition) is 5. The third-order valence-electron chi connectivity index (χ3n) is 4.89. The molecule has 2 saturated heterocycles. The van der Waals surface area contributed by atoms with Gasteiger partial charge in [-0.1, -0.05) is 0 Å². The van der Waals surface area contributed by atoms with E-state index in [-0.39, 0.29) is 23.4 Å². The first-order valence-corrected chi connectivity index (χ1v) is 9.07. The van der Waals surface area contributed by atoms with Crippen molar-refractivity contribution in [3.05, 3.63) is 24.1 Å².